The number of rotatable bonds is 4. The Hall–Kier alpha value is -2.96. The predicted molar refractivity (Wildman–Crippen MR) is 72.1 cm³/mol. The van der Waals surface area contributed by atoms with Crippen LogP contribution in [0.1, 0.15) is 20.7 Å². The van der Waals surface area contributed by atoms with Crippen molar-refractivity contribution >= 4 is 23.3 Å². The van der Waals surface area contributed by atoms with Crippen molar-refractivity contribution in [2.24, 2.45) is 0 Å². The Bertz CT molecular complexity index is 585. The van der Waals surface area contributed by atoms with Crippen molar-refractivity contribution in [3.63, 3.8) is 0 Å². The SMILES string of the molecule is O=C(OC(=O)c1ccc(NF)cc1)c1ccc(NF)cc1. The van der Waals surface area contributed by atoms with Crippen LogP contribution in [0.25, 0.3) is 0 Å². The van der Waals surface area contributed by atoms with Gasteiger partial charge < -0.3 is 4.74 Å². The number of hydrogen-bond acceptors (Lipinski definition) is 5. The minimum atomic E-state index is -0.863. The summed E-state index contributed by atoms with van der Waals surface area (Å²) in [5.41, 5.74) is 3.38. The van der Waals surface area contributed by atoms with Crippen molar-refractivity contribution in [1.82, 2.24) is 0 Å². The highest BCUT2D eigenvalue weighted by atomic mass is 19.2. The minimum Gasteiger partial charge on any atom is -0.386 e. The molecule has 2 aromatic carbocycles. The summed E-state index contributed by atoms with van der Waals surface area (Å²) in [6.07, 6.45) is 0. The van der Waals surface area contributed by atoms with Crippen molar-refractivity contribution in [3.8, 4) is 0 Å². The molecule has 0 amide bonds. The van der Waals surface area contributed by atoms with Gasteiger partial charge in [0.1, 0.15) is 0 Å². The zero-order valence-corrected chi connectivity index (χ0v) is 10.6. The Morgan fingerprint density at radius 2 is 1.05 bits per heavy atom. The van der Waals surface area contributed by atoms with Crippen LogP contribution < -0.4 is 11.1 Å². The summed E-state index contributed by atoms with van der Waals surface area (Å²) in [6.45, 7) is 0. The number of hydrogen-bond donors (Lipinski definition) is 2. The van der Waals surface area contributed by atoms with E-state index >= 15 is 0 Å². The fourth-order valence-corrected chi connectivity index (χ4v) is 1.54. The quantitative estimate of drug-likeness (QED) is 0.514. The lowest BCUT2D eigenvalue weighted by molar-refractivity contribution is 0.0398. The van der Waals surface area contributed by atoms with Gasteiger partial charge in [0.25, 0.3) is 0 Å². The summed E-state index contributed by atoms with van der Waals surface area (Å²) in [6, 6.07) is 10.5. The van der Waals surface area contributed by atoms with Crippen LogP contribution in [0.5, 0.6) is 0 Å². The molecule has 7 heteroatoms. The molecule has 108 valence electrons. The van der Waals surface area contributed by atoms with Gasteiger partial charge >= 0.3 is 11.9 Å². The van der Waals surface area contributed by atoms with E-state index in [9.17, 15) is 18.6 Å². The Morgan fingerprint density at radius 3 is 1.33 bits per heavy atom. The van der Waals surface area contributed by atoms with Gasteiger partial charge in [-0.1, -0.05) is 0 Å². The maximum atomic E-state index is 12.1. The van der Waals surface area contributed by atoms with Crippen molar-refractivity contribution in [2.75, 3.05) is 11.1 Å². The molecule has 2 aromatic rings. The smallest absolute Gasteiger partial charge is 0.346 e. The van der Waals surface area contributed by atoms with Gasteiger partial charge in [0.15, 0.2) is 0 Å². The molecule has 0 saturated carbocycles. The molecule has 0 atom stereocenters. The Balaban J connectivity index is 2.05. The average Bonchev–Trinajstić information content (AvgIpc) is 2.55. The fourth-order valence-electron chi connectivity index (χ4n) is 1.54. The molecule has 0 aliphatic rings. The van der Waals surface area contributed by atoms with Gasteiger partial charge in [0.2, 0.25) is 0 Å². The first-order chi connectivity index (χ1) is 10.1. The summed E-state index contributed by atoms with van der Waals surface area (Å²) < 4.78 is 28.9. The Morgan fingerprint density at radius 1 is 0.714 bits per heavy atom. The molecule has 0 bridgehead atoms. The van der Waals surface area contributed by atoms with Crippen LogP contribution in [0, 0.1) is 0 Å². The van der Waals surface area contributed by atoms with Crippen LogP contribution in [0.15, 0.2) is 48.5 Å². The van der Waals surface area contributed by atoms with Crippen LogP contribution in [0.4, 0.5) is 20.3 Å². The van der Waals surface area contributed by atoms with Crippen molar-refractivity contribution in [3.05, 3.63) is 59.7 Å². The molecule has 2 rings (SSSR count). The molecule has 21 heavy (non-hydrogen) atoms. The molecule has 0 saturated heterocycles. The van der Waals surface area contributed by atoms with Gasteiger partial charge in [-0.25, -0.2) is 20.7 Å². The number of carbonyl (C=O) groups excluding carboxylic acids is 2. The van der Waals surface area contributed by atoms with E-state index in [-0.39, 0.29) is 22.5 Å². The molecule has 5 nitrogen and oxygen atoms in total. The molecule has 0 spiro atoms. The zero-order valence-electron chi connectivity index (χ0n) is 10.6. The number of carbonyl (C=O) groups is 2. The first kappa shape index (κ1) is 14.4. The van der Waals surface area contributed by atoms with E-state index in [0.717, 1.165) is 0 Å². The number of ether oxygens (including phenoxy) is 1. The second-order valence-electron chi connectivity index (χ2n) is 4.02. The van der Waals surface area contributed by atoms with Crippen molar-refractivity contribution in [2.45, 2.75) is 0 Å². The molecule has 0 aliphatic carbocycles. The lowest BCUT2D eigenvalue weighted by Gasteiger charge is -2.04. The maximum absolute atomic E-state index is 12.1. The van der Waals surface area contributed by atoms with Gasteiger partial charge in [-0.05, 0) is 48.5 Å². The van der Waals surface area contributed by atoms with E-state index in [1.54, 1.807) is 0 Å². The normalized spacial score (nSPS) is 9.81. The van der Waals surface area contributed by atoms with Crippen LogP contribution in [0.3, 0.4) is 0 Å². The van der Waals surface area contributed by atoms with Gasteiger partial charge in [-0.2, -0.15) is 0 Å². The van der Waals surface area contributed by atoms with E-state index in [2.05, 4.69) is 4.74 Å². The largest absolute Gasteiger partial charge is 0.386 e. The van der Waals surface area contributed by atoms with Crippen molar-refractivity contribution in [1.29, 1.82) is 0 Å². The first-order valence-corrected chi connectivity index (χ1v) is 5.84. The Labute approximate surface area is 118 Å². The van der Waals surface area contributed by atoms with E-state index in [1.165, 1.54) is 59.6 Å². The predicted octanol–water partition coefficient (Wildman–Crippen LogP) is 3.28. The average molecular weight is 292 g/mol. The zero-order chi connectivity index (χ0) is 15.2. The fraction of sp³-hybridized carbons (Fsp3) is 0. The number of esters is 2. The van der Waals surface area contributed by atoms with Crippen LogP contribution in [-0.2, 0) is 4.74 Å². The third-order valence-corrected chi connectivity index (χ3v) is 2.64. The maximum Gasteiger partial charge on any atom is 0.346 e. The third kappa shape index (κ3) is 3.53. The summed E-state index contributed by atoms with van der Waals surface area (Å²) >= 11 is 0. The van der Waals surface area contributed by atoms with Gasteiger partial charge in [-0.3, -0.25) is 0 Å². The highest BCUT2D eigenvalue weighted by Crippen LogP contribution is 2.13. The van der Waals surface area contributed by atoms with E-state index in [1.807, 2.05) is 0 Å². The van der Waals surface area contributed by atoms with Gasteiger partial charge in [0, 0.05) is 0 Å². The van der Waals surface area contributed by atoms with E-state index in [0.29, 0.717) is 0 Å². The van der Waals surface area contributed by atoms with Gasteiger partial charge in [-0.15, -0.1) is 8.96 Å². The molecule has 0 aromatic heterocycles. The lowest BCUT2D eigenvalue weighted by atomic mass is 10.2. The molecule has 2 N–H and O–H groups in total. The number of anilines is 2. The van der Waals surface area contributed by atoms with Crippen LogP contribution >= 0.6 is 0 Å². The highest BCUT2D eigenvalue weighted by Gasteiger charge is 2.14. The second kappa shape index (κ2) is 6.47. The molecule has 0 fully saturated rings. The minimum absolute atomic E-state index is 0.101. The van der Waals surface area contributed by atoms with Crippen LogP contribution in [-0.4, -0.2) is 11.9 Å². The topological polar surface area (TPSA) is 67.4 Å². The Kier molecular flexibility index (Phi) is 4.45. The summed E-state index contributed by atoms with van der Waals surface area (Å²) in [7, 11) is 0. The molecule has 0 heterocycles. The summed E-state index contributed by atoms with van der Waals surface area (Å²) in [5, 5.41) is 0. The molecular formula is C14H10F2N2O3. The van der Waals surface area contributed by atoms with Crippen LogP contribution in [0.2, 0.25) is 0 Å². The number of benzene rings is 2. The summed E-state index contributed by atoms with van der Waals surface area (Å²) in [5.74, 6) is -1.73. The standard InChI is InChI=1S/C14H10F2N2O3/c15-17-11-5-1-9(2-6-11)13(19)21-14(20)10-3-7-12(18-16)8-4-10/h1-8,17-18H. The monoisotopic (exact) mass is 292 g/mol. The molecular weight excluding hydrogens is 282 g/mol. The number of halogens is 2. The van der Waals surface area contributed by atoms with E-state index in [4.69, 9.17) is 0 Å². The van der Waals surface area contributed by atoms with Crippen molar-refractivity contribution < 1.29 is 23.3 Å². The third-order valence-electron chi connectivity index (χ3n) is 2.64. The molecule has 0 radical (unpaired) electrons. The van der Waals surface area contributed by atoms with E-state index < -0.39 is 11.9 Å². The highest BCUT2D eigenvalue weighted by molar-refractivity contribution is 6.02. The lowest BCUT2D eigenvalue weighted by Crippen LogP contribution is -2.12. The summed E-state index contributed by atoms with van der Waals surface area (Å²) in [4.78, 5) is 23.4. The first-order valence-electron chi connectivity index (χ1n) is 5.84. The number of nitrogens with one attached hydrogen (secondary N) is 2. The second-order valence-corrected chi connectivity index (χ2v) is 4.02. The molecule has 0 aliphatic heterocycles. The van der Waals surface area contributed by atoms with Gasteiger partial charge in [0.05, 0.1) is 22.5 Å². The molecule has 0 unspecified atom stereocenters.